The second-order valence-electron chi connectivity index (χ2n) is 10.7. The van der Waals surface area contributed by atoms with E-state index in [2.05, 4.69) is 46.0 Å². The number of hydrogen-bond acceptors (Lipinski definition) is 6. The first-order chi connectivity index (χ1) is 17.0. The van der Waals surface area contributed by atoms with Crippen LogP contribution in [0.4, 0.5) is 5.69 Å². The second kappa shape index (κ2) is 12.6. The zero-order valence-electron chi connectivity index (χ0n) is 21.8. The van der Waals surface area contributed by atoms with Crippen molar-refractivity contribution < 1.29 is 9.59 Å². The van der Waals surface area contributed by atoms with Gasteiger partial charge in [0.05, 0.1) is 11.8 Å². The lowest BCUT2D eigenvalue weighted by atomic mass is 9.68. The molecule has 4 rings (SSSR count). The Morgan fingerprint density at radius 1 is 1.26 bits per heavy atom. The largest absolute Gasteiger partial charge is 0.384 e. The van der Waals surface area contributed by atoms with Crippen LogP contribution in [0.3, 0.4) is 0 Å². The number of fused-ring (bicyclic) bond motifs is 2. The Morgan fingerprint density at radius 3 is 2.89 bits per heavy atom. The van der Waals surface area contributed by atoms with Crippen molar-refractivity contribution in [2.24, 2.45) is 5.92 Å². The Hall–Kier alpha value is -1.57. The van der Waals surface area contributed by atoms with Crippen molar-refractivity contribution in [3.63, 3.8) is 0 Å². The smallest absolute Gasteiger partial charge is 0.229 e. The third-order valence-electron chi connectivity index (χ3n) is 8.20. The number of hydrogen-bond donors (Lipinski definition) is 3. The number of ketones is 1. The molecule has 0 spiro atoms. The number of thioether (sulfide) groups is 1. The molecule has 194 valence electrons. The van der Waals surface area contributed by atoms with E-state index < -0.39 is 0 Å². The summed E-state index contributed by atoms with van der Waals surface area (Å²) in [6, 6.07) is 7.47. The summed E-state index contributed by atoms with van der Waals surface area (Å²) < 4.78 is 0. The van der Waals surface area contributed by atoms with Crippen molar-refractivity contribution in [1.29, 1.82) is 0 Å². The standard InChI is InChI=1S/C28H44N4O2S/c1-4-12-32-16-20(17-35-18-27(34)30-11-6-5-9-24(29-3)19(2)33)13-23-22-8-7-10-25-28(22)21(15-31-25)14-26(23)32/h7-8,10,20-21,23-24,26,29,31H,4-6,9,11-18H2,1-3H3,(H,30,34)/t20-,21?,23-,24+,26-/m1/s1. The van der Waals surface area contributed by atoms with Crippen molar-refractivity contribution in [3.05, 3.63) is 29.3 Å². The Bertz CT molecular complexity index is 879. The molecule has 1 aromatic carbocycles. The summed E-state index contributed by atoms with van der Waals surface area (Å²) in [5.41, 5.74) is 4.55. The zero-order chi connectivity index (χ0) is 24.8. The molecule has 0 bridgehead atoms. The normalized spacial score (nSPS) is 25.9. The van der Waals surface area contributed by atoms with Gasteiger partial charge in [-0.1, -0.05) is 19.1 Å². The molecule has 1 fully saturated rings. The van der Waals surface area contributed by atoms with Crippen molar-refractivity contribution in [1.82, 2.24) is 15.5 Å². The summed E-state index contributed by atoms with van der Waals surface area (Å²) in [7, 11) is 1.83. The first-order valence-corrected chi connectivity index (χ1v) is 14.8. The molecular formula is C28H44N4O2S. The van der Waals surface area contributed by atoms with Crippen LogP contribution in [-0.2, 0) is 9.59 Å². The number of rotatable bonds is 13. The first kappa shape index (κ1) is 26.5. The third-order valence-corrected chi connectivity index (χ3v) is 9.38. The van der Waals surface area contributed by atoms with Gasteiger partial charge in [0.1, 0.15) is 5.78 Å². The molecule has 6 nitrogen and oxygen atoms in total. The minimum atomic E-state index is -0.0631. The number of carbonyl (C=O) groups excluding carboxylic acids is 2. The molecule has 35 heavy (non-hydrogen) atoms. The lowest BCUT2D eigenvalue weighted by molar-refractivity contribution is -0.119. The van der Waals surface area contributed by atoms with E-state index in [0.717, 1.165) is 31.6 Å². The quantitative estimate of drug-likeness (QED) is 0.356. The molecule has 0 aromatic heterocycles. The summed E-state index contributed by atoms with van der Waals surface area (Å²) in [5.74, 6) is 3.83. The van der Waals surface area contributed by atoms with E-state index >= 15 is 0 Å². The van der Waals surface area contributed by atoms with Crippen molar-refractivity contribution >= 4 is 29.1 Å². The average Bonchev–Trinajstić information content (AvgIpc) is 3.26. The summed E-state index contributed by atoms with van der Waals surface area (Å²) >= 11 is 1.80. The van der Waals surface area contributed by atoms with E-state index in [1.807, 2.05) is 7.05 Å². The van der Waals surface area contributed by atoms with Gasteiger partial charge in [-0.2, -0.15) is 11.8 Å². The van der Waals surface area contributed by atoms with E-state index in [-0.39, 0.29) is 17.7 Å². The number of nitrogens with zero attached hydrogens (tertiary/aromatic N) is 1. The van der Waals surface area contributed by atoms with E-state index in [1.165, 1.54) is 38.0 Å². The van der Waals surface area contributed by atoms with Gasteiger partial charge in [-0.15, -0.1) is 0 Å². The molecule has 1 saturated heterocycles. The minimum Gasteiger partial charge on any atom is -0.384 e. The molecule has 3 aliphatic rings. The van der Waals surface area contributed by atoms with Gasteiger partial charge in [-0.05, 0) is 87.9 Å². The molecule has 2 heterocycles. The molecule has 0 saturated carbocycles. The number of likely N-dealkylation sites (N-methyl/N-ethyl adjacent to an activating group) is 1. The number of piperidine rings is 1. The second-order valence-corrected chi connectivity index (χ2v) is 11.7. The van der Waals surface area contributed by atoms with Crippen LogP contribution < -0.4 is 16.0 Å². The summed E-state index contributed by atoms with van der Waals surface area (Å²) in [5, 5.41) is 9.77. The van der Waals surface area contributed by atoms with Crippen LogP contribution in [0, 0.1) is 5.92 Å². The van der Waals surface area contributed by atoms with Crippen molar-refractivity contribution in [2.45, 2.75) is 76.3 Å². The summed E-state index contributed by atoms with van der Waals surface area (Å²) in [4.78, 5) is 26.6. The molecular weight excluding hydrogens is 456 g/mol. The van der Waals surface area contributed by atoms with E-state index in [1.54, 1.807) is 29.8 Å². The van der Waals surface area contributed by atoms with Crippen LogP contribution in [0.5, 0.6) is 0 Å². The van der Waals surface area contributed by atoms with Crippen LogP contribution in [-0.4, -0.2) is 73.4 Å². The highest BCUT2D eigenvalue weighted by molar-refractivity contribution is 7.99. The SMILES string of the molecule is CCCN1C[C@H](CSCC(=O)NCCCC[C@H](NC)C(C)=O)C[C@@H]2c3cccc4c3C(CN4)C[C@H]21. The van der Waals surface area contributed by atoms with Gasteiger partial charge in [0.2, 0.25) is 5.91 Å². The predicted molar refractivity (Wildman–Crippen MR) is 147 cm³/mol. The maximum atomic E-state index is 12.4. The van der Waals surface area contributed by atoms with E-state index in [9.17, 15) is 9.59 Å². The average molecular weight is 501 g/mol. The summed E-state index contributed by atoms with van der Waals surface area (Å²) in [6.07, 6.45) is 6.41. The summed E-state index contributed by atoms with van der Waals surface area (Å²) in [6.45, 7) is 8.05. The van der Waals surface area contributed by atoms with E-state index in [4.69, 9.17) is 0 Å². The lowest BCUT2D eigenvalue weighted by Crippen LogP contribution is -2.50. The van der Waals surface area contributed by atoms with Crippen LogP contribution >= 0.6 is 11.8 Å². The van der Waals surface area contributed by atoms with Gasteiger partial charge in [-0.25, -0.2) is 0 Å². The molecule has 5 atom stereocenters. The number of benzene rings is 1. The first-order valence-electron chi connectivity index (χ1n) is 13.6. The molecule has 1 aliphatic carbocycles. The van der Waals surface area contributed by atoms with Gasteiger partial charge in [0.15, 0.2) is 0 Å². The Morgan fingerprint density at radius 2 is 2.11 bits per heavy atom. The van der Waals surface area contributed by atoms with E-state index in [0.29, 0.717) is 36.1 Å². The molecule has 1 amide bonds. The van der Waals surface area contributed by atoms with Gasteiger partial charge >= 0.3 is 0 Å². The molecule has 1 aromatic rings. The monoisotopic (exact) mass is 500 g/mol. The maximum Gasteiger partial charge on any atom is 0.229 e. The number of carbonyl (C=O) groups is 2. The van der Waals surface area contributed by atoms with Gasteiger partial charge < -0.3 is 16.0 Å². The van der Waals surface area contributed by atoms with Gasteiger partial charge in [0.25, 0.3) is 0 Å². The zero-order valence-corrected chi connectivity index (χ0v) is 22.6. The lowest BCUT2D eigenvalue weighted by Gasteiger charge is -2.49. The third kappa shape index (κ3) is 6.41. The Balaban J connectivity index is 1.23. The molecule has 1 unspecified atom stereocenters. The maximum absolute atomic E-state index is 12.4. The van der Waals surface area contributed by atoms with Crippen LogP contribution in [0.2, 0.25) is 0 Å². The highest BCUT2D eigenvalue weighted by atomic mass is 32.2. The van der Waals surface area contributed by atoms with Crippen LogP contribution in [0.15, 0.2) is 18.2 Å². The number of Topliss-reactive ketones (excluding diaryl/α,β-unsaturated/α-hetero) is 1. The van der Waals surface area contributed by atoms with Gasteiger partial charge in [-0.3, -0.25) is 14.5 Å². The predicted octanol–water partition coefficient (Wildman–Crippen LogP) is 3.98. The number of amides is 1. The number of unbranched alkanes of at least 4 members (excludes halogenated alkanes) is 1. The highest BCUT2D eigenvalue weighted by Gasteiger charge is 2.44. The number of likely N-dealkylation sites (tertiary alicyclic amines) is 1. The topological polar surface area (TPSA) is 73.5 Å². The number of anilines is 1. The minimum absolute atomic E-state index is 0.0631. The fourth-order valence-electron chi connectivity index (χ4n) is 6.59. The fraction of sp³-hybridized carbons (Fsp3) is 0.714. The van der Waals surface area contributed by atoms with Crippen molar-refractivity contribution in [3.8, 4) is 0 Å². The molecule has 7 heteroatoms. The molecule has 0 radical (unpaired) electrons. The van der Waals surface area contributed by atoms with Crippen LogP contribution in [0.1, 0.15) is 75.3 Å². The number of nitrogens with one attached hydrogen (secondary N) is 3. The molecule has 3 N–H and O–H groups in total. The Kier molecular flexibility index (Phi) is 9.53. The van der Waals surface area contributed by atoms with Crippen LogP contribution in [0.25, 0.3) is 0 Å². The Labute approximate surface area is 215 Å². The van der Waals surface area contributed by atoms with Gasteiger partial charge in [0, 0.05) is 43.2 Å². The fourth-order valence-corrected chi connectivity index (χ4v) is 7.57. The highest BCUT2D eigenvalue weighted by Crippen LogP contribution is 2.51. The van der Waals surface area contributed by atoms with Crippen molar-refractivity contribution in [2.75, 3.05) is 50.0 Å². The molecule has 2 aliphatic heterocycles.